The number of hydrogen-bond acceptors (Lipinski definition) is 4. The number of carbonyl (C=O) groups is 2. The van der Waals surface area contributed by atoms with E-state index in [2.05, 4.69) is 39.2 Å². The maximum atomic E-state index is 12.3. The van der Waals surface area contributed by atoms with Crippen LogP contribution in [0.4, 0.5) is 4.79 Å². The molecule has 0 aromatic carbocycles. The van der Waals surface area contributed by atoms with Crippen molar-refractivity contribution in [3.8, 4) is 0 Å². The molecule has 0 aliphatic rings. The number of carboxylic acids is 1. The van der Waals surface area contributed by atoms with Gasteiger partial charge in [0, 0.05) is 0 Å². The van der Waals surface area contributed by atoms with Gasteiger partial charge in [-0.3, -0.25) is 4.79 Å². The van der Waals surface area contributed by atoms with Gasteiger partial charge in [-0.2, -0.15) is 0 Å². The Morgan fingerprint density at radius 3 is 1.92 bits per heavy atom. The summed E-state index contributed by atoms with van der Waals surface area (Å²) >= 11 is 0. The lowest BCUT2D eigenvalue weighted by Crippen LogP contribution is -2.53. The lowest BCUT2D eigenvalue weighted by molar-refractivity contribution is -0.139. The molecular weight excluding hydrogens is 350 g/mol. The number of alkyl carbamates (subject to hydrolysis) is 1. The molecule has 1 amide bonds. The van der Waals surface area contributed by atoms with Crippen molar-refractivity contribution < 1.29 is 23.9 Å². The second-order valence-corrected chi connectivity index (χ2v) is 14.7. The summed E-state index contributed by atoms with van der Waals surface area (Å²) in [6.07, 6.45) is -0.674. The van der Waals surface area contributed by atoms with E-state index >= 15 is 0 Å². The Bertz CT molecular complexity index is 477. The summed E-state index contributed by atoms with van der Waals surface area (Å²) in [4.78, 5) is 23.7. The SMILES string of the molecule is CC(C)C[C@H](NC(=O)OC(C)(C)C)[C@H](CC(=O)O)O[Si](C)(C)C(C)(C)C. The number of carbonyl (C=O) groups excluding carboxylic acids is 1. The highest BCUT2D eigenvalue weighted by molar-refractivity contribution is 6.74. The summed E-state index contributed by atoms with van der Waals surface area (Å²) in [7, 11) is -2.20. The molecule has 0 saturated heterocycles. The molecule has 0 saturated carbocycles. The van der Waals surface area contributed by atoms with E-state index in [1.54, 1.807) is 20.8 Å². The third-order valence-corrected chi connectivity index (χ3v) is 9.01. The summed E-state index contributed by atoms with van der Waals surface area (Å²) in [5.74, 6) is -0.664. The Morgan fingerprint density at radius 2 is 1.58 bits per heavy atom. The van der Waals surface area contributed by atoms with Gasteiger partial charge in [0.15, 0.2) is 8.32 Å². The molecule has 0 heterocycles. The molecule has 0 aromatic heterocycles. The van der Waals surface area contributed by atoms with Gasteiger partial charge in [-0.05, 0) is 51.2 Å². The first kappa shape index (κ1) is 24.9. The molecule has 0 aromatic rings. The maximum absolute atomic E-state index is 12.3. The van der Waals surface area contributed by atoms with Crippen molar-refractivity contribution in [3.05, 3.63) is 0 Å². The third kappa shape index (κ3) is 9.57. The molecule has 154 valence electrons. The van der Waals surface area contributed by atoms with Crippen molar-refractivity contribution in [2.24, 2.45) is 5.92 Å². The Balaban J connectivity index is 5.53. The fraction of sp³-hybridized carbons (Fsp3) is 0.895. The minimum Gasteiger partial charge on any atom is -0.481 e. The van der Waals surface area contributed by atoms with Crippen LogP contribution in [0.15, 0.2) is 0 Å². The standard InChI is InChI=1S/C19H39NO5Si/c1-13(2)11-14(20-17(23)24-18(3,4)5)15(12-16(21)22)25-26(9,10)19(6,7)8/h13-15H,11-12H2,1-10H3,(H,20,23)(H,21,22)/t14-,15-/m0/s1. The molecule has 0 bridgehead atoms. The van der Waals surface area contributed by atoms with Crippen LogP contribution in [0.5, 0.6) is 0 Å². The van der Waals surface area contributed by atoms with E-state index in [9.17, 15) is 14.7 Å². The highest BCUT2D eigenvalue weighted by Gasteiger charge is 2.42. The van der Waals surface area contributed by atoms with E-state index in [-0.39, 0.29) is 17.4 Å². The van der Waals surface area contributed by atoms with Crippen LogP contribution >= 0.6 is 0 Å². The highest BCUT2D eigenvalue weighted by Crippen LogP contribution is 2.38. The van der Waals surface area contributed by atoms with Crippen LogP contribution in [-0.4, -0.2) is 43.2 Å². The second kappa shape index (κ2) is 9.22. The molecule has 6 nitrogen and oxygen atoms in total. The number of carboxylic acid groups (broad SMARTS) is 1. The van der Waals surface area contributed by atoms with E-state index in [0.29, 0.717) is 6.42 Å². The Morgan fingerprint density at radius 1 is 1.08 bits per heavy atom. The van der Waals surface area contributed by atoms with Crippen molar-refractivity contribution in [1.29, 1.82) is 0 Å². The van der Waals surface area contributed by atoms with Crippen LogP contribution in [-0.2, 0) is 14.0 Å². The predicted molar refractivity (Wildman–Crippen MR) is 107 cm³/mol. The first-order chi connectivity index (χ1) is 11.4. The van der Waals surface area contributed by atoms with Gasteiger partial charge in [-0.1, -0.05) is 34.6 Å². The van der Waals surface area contributed by atoms with E-state index < -0.39 is 38.1 Å². The molecule has 0 aliphatic carbocycles. The smallest absolute Gasteiger partial charge is 0.407 e. The lowest BCUT2D eigenvalue weighted by atomic mass is 9.97. The lowest BCUT2D eigenvalue weighted by Gasteiger charge is -2.41. The van der Waals surface area contributed by atoms with E-state index in [1.165, 1.54) is 0 Å². The molecule has 7 heteroatoms. The summed E-state index contributed by atoms with van der Waals surface area (Å²) in [5, 5.41) is 12.2. The van der Waals surface area contributed by atoms with Crippen LogP contribution in [0.2, 0.25) is 18.1 Å². The van der Waals surface area contributed by atoms with Crippen LogP contribution in [0.1, 0.15) is 68.2 Å². The van der Waals surface area contributed by atoms with Crippen molar-refractivity contribution in [1.82, 2.24) is 5.32 Å². The monoisotopic (exact) mass is 389 g/mol. The van der Waals surface area contributed by atoms with Gasteiger partial charge >= 0.3 is 12.1 Å². The first-order valence-electron chi connectivity index (χ1n) is 9.33. The molecule has 0 unspecified atom stereocenters. The number of ether oxygens (including phenoxy) is 1. The minimum atomic E-state index is -2.20. The zero-order valence-corrected chi connectivity index (χ0v) is 19.2. The number of nitrogens with one attached hydrogen (secondary N) is 1. The van der Waals surface area contributed by atoms with Crippen LogP contribution in [0.3, 0.4) is 0 Å². The number of amides is 1. The van der Waals surface area contributed by atoms with E-state index in [1.807, 2.05) is 13.8 Å². The van der Waals surface area contributed by atoms with Gasteiger partial charge < -0.3 is 19.6 Å². The molecule has 2 atom stereocenters. The van der Waals surface area contributed by atoms with Crippen molar-refractivity contribution >= 4 is 20.4 Å². The average Bonchev–Trinajstić information content (AvgIpc) is 2.31. The molecule has 0 aliphatic heterocycles. The molecule has 0 fully saturated rings. The van der Waals surface area contributed by atoms with E-state index in [4.69, 9.17) is 9.16 Å². The van der Waals surface area contributed by atoms with Gasteiger partial charge in [-0.15, -0.1) is 0 Å². The van der Waals surface area contributed by atoms with Gasteiger partial charge in [0.2, 0.25) is 0 Å². The van der Waals surface area contributed by atoms with Crippen LogP contribution < -0.4 is 5.32 Å². The predicted octanol–water partition coefficient (Wildman–Crippen LogP) is 4.79. The Kier molecular flexibility index (Phi) is 8.83. The van der Waals surface area contributed by atoms with Crippen LogP contribution in [0.25, 0.3) is 0 Å². The summed E-state index contributed by atoms with van der Waals surface area (Å²) in [5.41, 5.74) is -0.616. The van der Waals surface area contributed by atoms with Crippen LogP contribution in [0, 0.1) is 5.92 Å². The topological polar surface area (TPSA) is 84.9 Å². The summed E-state index contributed by atoms with van der Waals surface area (Å²) in [6.45, 7) is 20.0. The van der Waals surface area contributed by atoms with Gasteiger partial charge in [0.25, 0.3) is 0 Å². The highest BCUT2D eigenvalue weighted by atomic mass is 28.4. The van der Waals surface area contributed by atoms with Crippen molar-refractivity contribution in [2.45, 2.75) is 104 Å². The molecule has 2 N–H and O–H groups in total. The zero-order chi connectivity index (χ0) is 20.9. The Hall–Kier alpha value is -1.08. The average molecular weight is 390 g/mol. The minimum absolute atomic E-state index is 0.0575. The normalized spacial score (nSPS) is 15.5. The molecule has 26 heavy (non-hydrogen) atoms. The summed E-state index contributed by atoms with van der Waals surface area (Å²) in [6, 6.07) is -0.421. The van der Waals surface area contributed by atoms with Gasteiger partial charge in [-0.25, -0.2) is 4.79 Å². The fourth-order valence-electron chi connectivity index (χ4n) is 2.26. The molecule has 0 rings (SSSR count). The maximum Gasteiger partial charge on any atom is 0.407 e. The molecule has 0 radical (unpaired) electrons. The molecular formula is C19H39NO5Si. The largest absolute Gasteiger partial charge is 0.481 e. The Labute approximate surface area is 160 Å². The van der Waals surface area contributed by atoms with Gasteiger partial charge in [0.05, 0.1) is 18.6 Å². The first-order valence-corrected chi connectivity index (χ1v) is 12.2. The van der Waals surface area contributed by atoms with Crippen molar-refractivity contribution in [2.75, 3.05) is 0 Å². The number of rotatable bonds is 8. The summed E-state index contributed by atoms with van der Waals surface area (Å²) < 4.78 is 11.8. The zero-order valence-electron chi connectivity index (χ0n) is 18.2. The number of aliphatic carboxylic acids is 1. The molecule has 0 spiro atoms. The fourth-order valence-corrected chi connectivity index (χ4v) is 3.62. The van der Waals surface area contributed by atoms with Gasteiger partial charge in [0.1, 0.15) is 5.60 Å². The second-order valence-electron chi connectivity index (χ2n) is 9.90. The van der Waals surface area contributed by atoms with E-state index in [0.717, 1.165) is 0 Å². The number of hydrogen-bond donors (Lipinski definition) is 2. The quantitative estimate of drug-likeness (QED) is 0.583. The van der Waals surface area contributed by atoms with Crippen molar-refractivity contribution in [3.63, 3.8) is 0 Å². The third-order valence-electron chi connectivity index (χ3n) is 4.50.